The molecule has 1 aromatic rings. The van der Waals surface area contributed by atoms with E-state index in [0.717, 1.165) is 12.8 Å². The zero-order valence-electron chi connectivity index (χ0n) is 15.7. The van der Waals surface area contributed by atoms with Gasteiger partial charge in [-0.25, -0.2) is 10.3 Å². The maximum atomic E-state index is 11.7. The van der Waals surface area contributed by atoms with Crippen LogP contribution in [-0.2, 0) is 4.84 Å². The van der Waals surface area contributed by atoms with E-state index in [0.29, 0.717) is 6.61 Å². The summed E-state index contributed by atoms with van der Waals surface area (Å²) in [5.41, 5.74) is 2.24. The first-order valence-corrected chi connectivity index (χ1v) is 9.57. The van der Waals surface area contributed by atoms with Crippen molar-refractivity contribution >= 4 is 17.4 Å². The molecule has 7 heteroatoms. The van der Waals surface area contributed by atoms with Gasteiger partial charge in [0.15, 0.2) is 0 Å². The number of anilines is 1. The first kappa shape index (κ1) is 21.9. The minimum atomic E-state index is -0.619. The number of hydrogen-bond donors (Lipinski definition) is 2. The van der Waals surface area contributed by atoms with Crippen LogP contribution in [0.5, 0.6) is 0 Å². The van der Waals surface area contributed by atoms with Crippen LogP contribution in [0.3, 0.4) is 0 Å². The van der Waals surface area contributed by atoms with Gasteiger partial charge in [0, 0.05) is 6.07 Å². The Kier molecular flexibility index (Phi) is 11.8. The molecule has 0 unspecified atom stereocenters. The third kappa shape index (κ3) is 9.98. The Morgan fingerprint density at radius 2 is 1.58 bits per heavy atom. The van der Waals surface area contributed by atoms with Crippen molar-refractivity contribution < 1.29 is 14.6 Å². The molecule has 0 aliphatic carbocycles. The van der Waals surface area contributed by atoms with Crippen LogP contribution in [0, 0.1) is 10.1 Å². The highest BCUT2D eigenvalue weighted by Crippen LogP contribution is 2.22. The number of unbranched alkanes of at least 4 members (excludes halogenated alkanes) is 9. The number of nitro benzene ring substituents is 1. The molecule has 7 nitrogen and oxygen atoms in total. The molecule has 0 atom stereocenters. The average Bonchev–Trinajstić information content (AvgIpc) is 2.63. The summed E-state index contributed by atoms with van der Waals surface area (Å²) in [6, 6.07) is 5.35. The highest BCUT2D eigenvalue weighted by molar-refractivity contribution is 5.91. The van der Waals surface area contributed by atoms with E-state index >= 15 is 0 Å². The lowest BCUT2D eigenvalue weighted by Gasteiger charge is -2.08. The fourth-order valence-electron chi connectivity index (χ4n) is 2.66. The molecule has 2 N–H and O–H groups in total. The average molecular weight is 365 g/mol. The summed E-state index contributed by atoms with van der Waals surface area (Å²) in [7, 11) is 0. The van der Waals surface area contributed by atoms with Crippen LogP contribution >= 0.6 is 0 Å². The largest absolute Gasteiger partial charge is 0.343 e. The first-order chi connectivity index (χ1) is 12.6. The summed E-state index contributed by atoms with van der Waals surface area (Å²) in [4.78, 5) is 27.1. The van der Waals surface area contributed by atoms with Crippen molar-refractivity contribution in [3.8, 4) is 0 Å². The van der Waals surface area contributed by atoms with E-state index in [1.54, 1.807) is 12.1 Å². The molecule has 0 aliphatic heterocycles. The van der Waals surface area contributed by atoms with Crippen LogP contribution < -0.4 is 10.8 Å². The van der Waals surface area contributed by atoms with Gasteiger partial charge >= 0.3 is 6.03 Å². The molecule has 1 aromatic carbocycles. The lowest BCUT2D eigenvalue weighted by Crippen LogP contribution is -2.29. The summed E-state index contributed by atoms with van der Waals surface area (Å²) >= 11 is 0. The Balaban J connectivity index is 2.01. The van der Waals surface area contributed by atoms with Gasteiger partial charge in [-0.2, -0.15) is 0 Å². The molecule has 0 spiro atoms. The van der Waals surface area contributed by atoms with Crippen molar-refractivity contribution in [2.45, 2.75) is 71.1 Å². The van der Waals surface area contributed by atoms with Crippen molar-refractivity contribution in [1.82, 2.24) is 5.48 Å². The third-order valence-corrected chi connectivity index (χ3v) is 4.11. The smallest absolute Gasteiger partial charge is 0.300 e. The lowest BCUT2D eigenvalue weighted by molar-refractivity contribution is -0.383. The number of nitro groups is 1. The molecule has 0 heterocycles. The van der Waals surface area contributed by atoms with Crippen LogP contribution in [0.2, 0.25) is 0 Å². The number of hydrogen-bond acceptors (Lipinski definition) is 4. The van der Waals surface area contributed by atoms with Crippen molar-refractivity contribution in [3.63, 3.8) is 0 Å². The standard InChI is InChI=1S/C19H31N3O4/c1-2-3-4-5-6-7-8-9-10-13-16-26-21-19(23)20-17-14-11-12-15-18(17)22(24)25/h11-12,14-15H,2-10,13,16H2,1H3,(H2,20,21,23). The molecule has 146 valence electrons. The Labute approximate surface area is 155 Å². The Morgan fingerprint density at radius 1 is 1.00 bits per heavy atom. The van der Waals surface area contributed by atoms with Crippen molar-refractivity contribution in [2.75, 3.05) is 11.9 Å². The number of para-hydroxylation sites is 2. The van der Waals surface area contributed by atoms with E-state index in [4.69, 9.17) is 4.84 Å². The van der Waals surface area contributed by atoms with E-state index in [2.05, 4.69) is 17.7 Å². The normalized spacial score (nSPS) is 10.5. The van der Waals surface area contributed by atoms with Crippen LogP contribution in [0.15, 0.2) is 24.3 Å². The monoisotopic (exact) mass is 365 g/mol. The number of amides is 2. The Hall–Kier alpha value is -2.15. The number of carbonyl (C=O) groups excluding carboxylic acids is 1. The molecule has 0 radical (unpaired) electrons. The van der Waals surface area contributed by atoms with Gasteiger partial charge in [-0.05, 0) is 12.5 Å². The van der Waals surface area contributed by atoms with Gasteiger partial charge in [-0.15, -0.1) is 0 Å². The summed E-state index contributed by atoms with van der Waals surface area (Å²) in [6.45, 7) is 2.66. The van der Waals surface area contributed by atoms with Gasteiger partial charge in [0.05, 0.1) is 11.5 Å². The zero-order chi connectivity index (χ0) is 19.0. The predicted octanol–water partition coefficient (Wildman–Crippen LogP) is 5.57. The van der Waals surface area contributed by atoms with Crippen LogP contribution in [-0.4, -0.2) is 17.6 Å². The first-order valence-electron chi connectivity index (χ1n) is 9.57. The summed E-state index contributed by atoms with van der Waals surface area (Å²) in [5.74, 6) is 0. The van der Waals surface area contributed by atoms with Crippen LogP contribution in [0.1, 0.15) is 71.1 Å². The fraction of sp³-hybridized carbons (Fsp3) is 0.632. The van der Waals surface area contributed by atoms with E-state index in [9.17, 15) is 14.9 Å². The summed E-state index contributed by atoms with van der Waals surface area (Å²) in [5, 5.41) is 13.3. The zero-order valence-corrected chi connectivity index (χ0v) is 15.7. The second-order valence-corrected chi connectivity index (χ2v) is 6.36. The van der Waals surface area contributed by atoms with E-state index < -0.39 is 11.0 Å². The number of benzene rings is 1. The Bertz CT molecular complexity index is 537. The topological polar surface area (TPSA) is 93.5 Å². The number of nitrogens with zero attached hydrogens (tertiary/aromatic N) is 1. The van der Waals surface area contributed by atoms with Gasteiger partial charge in [0.1, 0.15) is 5.69 Å². The molecule has 0 saturated carbocycles. The quantitative estimate of drug-likeness (QED) is 0.256. The van der Waals surface area contributed by atoms with Gasteiger partial charge in [0.25, 0.3) is 5.69 Å². The minimum absolute atomic E-state index is 0.137. The molecule has 0 aromatic heterocycles. The molecule has 0 aliphatic rings. The Morgan fingerprint density at radius 3 is 2.19 bits per heavy atom. The van der Waals surface area contributed by atoms with Gasteiger partial charge < -0.3 is 5.32 Å². The molecule has 26 heavy (non-hydrogen) atoms. The fourth-order valence-corrected chi connectivity index (χ4v) is 2.66. The molecule has 1 rings (SSSR count). The second-order valence-electron chi connectivity index (χ2n) is 6.36. The number of carbonyl (C=O) groups is 1. The number of rotatable bonds is 14. The maximum Gasteiger partial charge on any atom is 0.343 e. The SMILES string of the molecule is CCCCCCCCCCCCONC(=O)Nc1ccccc1[N+](=O)[O-]. The minimum Gasteiger partial charge on any atom is -0.300 e. The molecule has 2 amide bonds. The maximum absolute atomic E-state index is 11.7. The van der Waals surface area contributed by atoms with E-state index in [-0.39, 0.29) is 11.4 Å². The highest BCUT2D eigenvalue weighted by Gasteiger charge is 2.14. The van der Waals surface area contributed by atoms with E-state index in [1.807, 2.05) is 0 Å². The van der Waals surface area contributed by atoms with E-state index in [1.165, 1.54) is 63.5 Å². The molecule has 0 saturated heterocycles. The molecule has 0 fully saturated rings. The second kappa shape index (κ2) is 14.1. The van der Waals surface area contributed by atoms with Crippen molar-refractivity contribution in [1.29, 1.82) is 0 Å². The summed E-state index contributed by atoms with van der Waals surface area (Å²) < 4.78 is 0. The predicted molar refractivity (Wildman–Crippen MR) is 103 cm³/mol. The highest BCUT2D eigenvalue weighted by atomic mass is 16.7. The van der Waals surface area contributed by atoms with Gasteiger partial charge in [-0.1, -0.05) is 76.8 Å². The van der Waals surface area contributed by atoms with Crippen molar-refractivity contribution in [2.24, 2.45) is 0 Å². The van der Waals surface area contributed by atoms with Gasteiger partial charge in [0.2, 0.25) is 0 Å². The molecular formula is C19H31N3O4. The summed E-state index contributed by atoms with van der Waals surface area (Å²) in [6.07, 6.45) is 12.3. The third-order valence-electron chi connectivity index (χ3n) is 4.11. The van der Waals surface area contributed by atoms with Gasteiger partial charge in [-0.3, -0.25) is 15.0 Å². The van der Waals surface area contributed by atoms with Crippen LogP contribution in [0.25, 0.3) is 0 Å². The van der Waals surface area contributed by atoms with Crippen molar-refractivity contribution in [3.05, 3.63) is 34.4 Å². The lowest BCUT2D eigenvalue weighted by atomic mass is 10.1. The molecule has 0 bridgehead atoms. The van der Waals surface area contributed by atoms with Crippen LogP contribution in [0.4, 0.5) is 16.2 Å². The number of nitrogens with one attached hydrogen (secondary N) is 2. The number of urea groups is 1. The molecular weight excluding hydrogens is 334 g/mol. The number of hydroxylamine groups is 1.